The van der Waals surface area contributed by atoms with E-state index in [-0.39, 0.29) is 0 Å². The van der Waals surface area contributed by atoms with Gasteiger partial charge in [-0.2, -0.15) is 0 Å². The zero-order valence-electron chi connectivity index (χ0n) is 10.2. The summed E-state index contributed by atoms with van der Waals surface area (Å²) in [5, 5.41) is 0. The molecule has 0 amide bonds. The van der Waals surface area contributed by atoms with Gasteiger partial charge in [0.2, 0.25) is 0 Å². The topological polar surface area (TPSA) is 35.5 Å². The molecule has 0 bridgehead atoms. The van der Waals surface area contributed by atoms with Gasteiger partial charge >= 0.3 is 0 Å². The van der Waals surface area contributed by atoms with E-state index in [9.17, 15) is 4.21 Å². The van der Waals surface area contributed by atoms with Crippen molar-refractivity contribution in [1.29, 1.82) is 0 Å². The highest BCUT2D eigenvalue weighted by molar-refractivity contribution is 7.99. The second-order valence-corrected chi connectivity index (χ2v) is 6.01. The molecule has 0 saturated heterocycles. The number of hydrogen-bond acceptors (Lipinski definition) is 4. The van der Waals surface area contributed by atoms with E-state index in [4.69, 9.17) is 9.47 Å². The Bertz CT molecular complexity index is 355. The summed E-state index contributed by atoms with van der Waals surface area (Å²) in [6.45, 7) is 1.22. The molecule has 1 aromatic carbocycles. The van der Waals surface area contributed by atoms with Crippen LogP contribution in [0, 0.1) is 0 Å². The zero-order valence-corrected chi connectivity index (χ0v) is 11.8. The van der Waals surface area contributed by atoms with Gasteiger partial charge < -0.3 is 9.47 Å². The average Bonchev–Trinajstić information content (AvgIpc) is 2.37. The van der Waals surface area contributed by atoms with Crippen LogP contribution in [0.3, 0.4) is 0 Å². The number of ether oxygens (including phenoxy) is 2. The van der Waals surface area contributed by atoms with Gasteiger partial charge in [0, 0.05) is 24.9 Å². The minimum absolute atomic E-state index is 0.518. The molecule has 1 rings (SSSR count). The minimum Gasteiger partial charge on any atom is -0.384 e. The lowest BCUT2D eigenvalue weighted by Crippen LogP contribution is -2.05. The molecule has 0 aliphatic rings. The van der Waals surface area contributed by atoms with Crippen molar-refractivity contribution in [2.75, 3.05) is 38.9 Å². The molecule has 3 nitrogen and oxygen atoms in total. The van der Waals surface area contributed by atoms with Gasteiger partial charge in [-0.05, 0) is 12.1 Å². The van der Waals surface area contributed by atoms with E-state index in [2.05, 4.69) is 0 Å². The zero-order chi connectivity index (χ0) is 12.5. The van der Waals surface area contributed by atoms with Crippen LogP contribution in [0.4, 0.5) is 0 Å². The van der Waals surface area contributed by atoms with Crippen LogP contribution < -0.4 is 0 Å². The molecule has 0 aliphatic heterocycles. The van der Waals surface area contributed by atoms with Gasteiger partial charge in [0.25, 0.3) is 0 Å². The third kappa shape index (κ3) is 5.21. The first-order valence-electron chi connectivity index (χ1n) is 5.37. The van der Waals surface area contributed by atoms with E-state index >= 15 is 0 Å². The Morgan fingerprint density at radius 2 is 1.88 bits per heavy atom. The van der Waals surface area contributed by atoms with E-state index < -0.39 is 10.8 Å². The molecule has 0 heterocycles. The van der Waals surface area contributed by atoms with Crippen molar-refractivity contribution < 1.29 is 13.7 Å². The van der Waals surface area contributed by atoms with E-state index in [1.807, 2.05) is 24.3 Å². The fraction of sp³-hybridized carbons (Fsp3) is 0.500. The third-order valence-electron chi connectivity index (χ3n) is 2.11. The van der Waals surface area contributed by atoms with Crippen LogP contribution in [0.1, 0.15) is 0 Å². The largest absolute Gasteiger partial charge is 0.384 e. The molecule has 1 aromatic rings. The number of benzene rings is 1. The van der Waals surface area contributed by atoms with Gasteiger partial charge in [0.1, 0.15) is 0 Å². The van der Waals surface area contributed by atoms with E-state index in [1.54, 1.807) is 26.0 Å². The number of thioether (sulfide) groups is 1. The highest BCUT2D eigenvalue weighted by Crippen LogP contribution is 2.25. The molecular weight excluding hydrogens is 256 g/mol. The van der Waals surface area contributed by atoms with Gasteiger partial charge in [-0.25, -0.2) is 0 Å². The third-order valence-corrected chi connectivity index (χ3v) is 4.66. The Labute approximate surface area is 109 Å². The minimum atomic E-state index is -0.987. The molecule has 0 N–H and O–H groups in total. The van der Waals surface area contributed by atoms with Crippen LogP contribution in [0.15, 0.2) is 34.1 Å². The number of hydrogen-bond donors (Lipinski definition) is 0. The smallest absolute Gasteiger partial charge is 0.0581 e. The second kappa shape index (κ2) is 8.69. The van der Waals surface area contributed by atoms with Crippen LogP contribution >= 0.6 is 11.8 Å². The maximum Gasteiger partial charge on any atom is 0.0581 e. The Kier molecular flexibility index (Phi) is 7.51. The molecular formula is C12H18O3S2. The normalized spacial score (nSPS) is 12.6. The summed E-state index contributed by atoms with van der Waals surface area (Å²) in [6, 6.07) is 7.80. The van der Waals surface area contributed by atoms with Crippen LogP contribution in [0.2, 0.25) is 0 Å². The van der Waals surface area contributed by atoms with Crippen LogP contribution in [-0.2, 0) is 20.3 Å². The van der Waals surface area contributed by atoms with Gasteiger partial charge in [-0.3, -0.25) is 4.21 Å². The van der Waals surface area contributed by atoms with E-state index in [0.29, 0.717) is 19.0 Å². The van der Waals surface area contributed by atoms with Crippen molar-refractivity contribution in [2.24, 2.45) is 0 Å². The fourth-order valence-corrected chi connectivity index (χ4v) is 3.63. The molecule has 96 valence electrons. The lowest BCUT2D eigenvalue weighted by Gasteiger charge is -2.08. The lowest BCUT2D eigenvalue weighted by molar-refractivity contribution is 0.218. The molecule has 0 aliphatic carbocycles. The second-order valence-electron chi connectivity index (χ2n) is 3.33. The molecule has 5 heteroatoms. The molecule has 0 aromatic heterocycles. The first-order chi connectivity index (χ1) is 8.29. The first kappa shape index (κ1) is 14.7. The van der Waals surface area contributed by atoms with Gasteiger partial charge in [-0.1, -0.05) is 12.1 Å². The first-order valence-corrected chi connectivity index (χ1v) is 7.68. The summed E-state index contributed by atoms with van der Waals surface area (Å²) < 4.78 is 22.0. The van der Waals surface area contributed by atoms with Crippen molar-refractivity contribution in [3.05, 3.63) is 24.3 Å². The number of rotatable bonds is 8. The van der Waals surface area contributed by atoms with Crippen LogP contribution in [0.5, 0.6) is 0 Å². The maximum atomic E-state index is 12.0. The summed E-state index contributed by atoms with van der Waals surface area (Å²) in [5.41, 5.74) is 0. The fourth-order valence-electron chi connectivity index (χ4n) is 1.26. The van der Waals surface area contributed by atoms with Gasteiger partial charge in [0.15, 0.2) is 0 Å². The summed E-state index contributed by atoms with van der Waals surface area (Å²) in [6.07, 6.45) is 0. The molecule has 0 spiro atoms. The highest BCUT2D eigenvalue weighted by atomic mass is 32.2. The summed E-state index contributed by atoms with van der Waals surface area (Å²) in [4.78, 5) is 1.96. The molecule has 0 fully saturated rings. The summed E-state index contributed by atoms with van der Waals surface area (Å²) in [5.74, 6) is 1.41. The van der Waals surface area contributed by atoms with E-state index in [0.717, 1.165) is 15.5 Å². The van der Waals surface area contributed by atoms with Gasteiger partial charge in [-0.15, -0.1) is 11.8 Å². The maximum absolute atomic E-state index is 12.0. The van der Waals surface area contributed by atoms with Crippen molar-refractivity contribution in [1.82, 2.24) is 0 Å². The molecule has 1 atom stereocenters. The lowest BCUT2D eigenvalue weighted by atomic mass is 10.4. The quantitative estimate of drug-likeness (QED) is 0.538. The Balaban J connectivity index is 2.66. The van der Waals surface area contributed by atoms with Crippen LogP contribution in [-0.4, -0.2) is 43.1 Å². The standard InChI is InChI=1S/C12H18O3S2/c1-14-7-9-16-11-5-3-4-6-12(11)17(13)10-8-15-2/h3-6H,7-10H2,1-2H3. The predicted octanol–water partition coefficient (Wildman–Crippen LogP) is 2.18. The molecule has 0 saturated carbocycles. The van der Waals surface area contributed by atoms with Gasteiger partial charge in [0.05, 0.1) is 34.7 Å². The predicted molar refractivity (Wildman–Crippen MR) is 72.2 cm³/mol. The van der Waals surface area contributed by atoms with Crippen molar-refractivity contribution >= 4 is 22.6 Å². The molecule has 1 unspecified atom stereocenters. The van der Waals surface area contributed by atoms with Crippen molar-refractivity contribution in [2.45, 2.75) is 9.79 Å². The number of methoxy groups -OCH3 is 2. The Morgan fingerprint density at radius 1 is 1.18 bits per heavy atom. The SMILES string of the molecule is COCCSc1ccccc1S(=O)CCOC. The molecule has 17 heavy (non-hydrogen) atoms. The average molecular weight is 274 g/mol. The van der Waals surface area contributed by atoms with Crippen molar-refractivity contribution in [3.8, 4) is 0 Å². The summed E-state index contributed by atoms with van der Waals surface area (Å²) >= 11 is 1.67. The van der Waals surface area contributed by atoms with Crippen molar-refractivity contribution in [3.63, 3.8) is 0 Å². The highest BCUT2D eigenvalue weighted by Gasteiger charge is 2.09. The monoisotopic (exact) mass is 274 g/mol. The van der Waals surface area contributed by atoms with Crippen LogP contribution in [0.25, 0.3) is 0 Å². The Hall–Kier alpha value is -0.360. The Morgan fingerprint density at radius 3 is 2.59 bits per heavy atom. The van der Waals surface area contributed by atoms with E-state index in [1.165, 1.54) is 0 Å². The summed E-state index contributed by atoms with van der Waals surface area (Å²) in [7, 11) is 2.32. The molecule has 0 radical (unpaired) electrons.